The summed E-state index contributed by atoms with van der Waals surface area (Å²) in [5, 5.41) is 3.52. The number of hydrogen-bond acceptors (Lipinski definition) is 3. The van der Waals surface area contributed by atoms with Gasteiger partial charge in [0.15, 0.2) is 0 Å². The number of nitrogens with one attached hydrogen (secondary N) is 1. The summed E-state index contributed by atoms with van der Waals surface area (Å²) in [5.74, 6) is 0.930. The van der Waals surface area contributed by atoms with Gasteiger partial charge in [-0.1, -0.05) is 32.9 Å². The molecule has 3 nitrogen and oxygen atoms in total. The highest BCUT2D eigenvalue weighted by atomic mass is 16.5. The summed E-state index contributed by atoms with van der Waals surface area (Å²) in [5.41, 5.74) is 1.30. The minimum Gasteiger partial charge on any atom is -0.497 e. The second-order valence-electron chi connectivity index (χ2n) is 5.39. The Kier molecular flexibility index (Phi) is 6.89. The van der Waals surface area contributed by atoms with E-state index in [-0.39, 0.29) is 0 Å². The molecule has 1 aromatic rings. The standard InChI is InChI=1S/C16H28N2O/c1-6-15(11-17-13(2)3)18(4)12-14-8-7-9-16(10-14)19-5/h7-10,13,15,17H,6,11-12H2,1-5H3. The maximum absolute atomic E-state index is 5.27. The summed E-state index contributed by atoms with van der Waals surface area (Å²) in [6.07, 6.45) is 1.15. The Balaban J connectivity index is 2.57. The molecular weight excluding hydrogens is 236 g/mol. The molecule has 0 spiro atoms. The number of likely N-dealkylation sites (N-methyl/N-ethyl adjacent to an activating group) is 1. The van der Waals surface area contributed by atoms with Crippen molar-refractivity contribution < 1.29 is 4.74 Å². The third-order valence-corrected chi connectivity index (χ3v) is 3.42. The molecule has 1 rings (SSSR count). The summed E-state index contributed by atoms with van der Waals surface area (Å²) in [6.45, 7) is 8.61. The average molecular weight is 264 g/mol. The third-order valence-electron chi connectivity index (χ3n) is 3.42. The second-order valence-corrected chi connectivity index (χ2v) is 5.39. The van der Waals surface area contributed by atoms with Crippen molar-refractivity contribution in [3.05, 3.63) is 29.8 Å². The lowest BCUT2D eigenvalue weighted by molar-refractivity contribution is 0.218. The Morgan fingerprint density at radius 1 is 1.32 bits per heavy atom. The molecule has 0 saturated heterocycles. The number of benzene rings is 1. The first-order chi connectivity index (χ1) is 9.06. The van der Waals surface area contributed by atoms with E-state index in [1.54, 1.807) is 7.11 Å². The van der Waals surface area contributed by atoms with Gasteiger partial charge in [-0.3, -0.25) is 4.90 Å². The van der Waals surface area contributed by atoms with Crippen molar-refractivity contribution in [1.82, 2.24) is 10.2 Å². The van der Waals surface area contributed by atoms with E-state index in [4.69, 9.17) is 4.74 Å². The first-order valence-corrected chi connectivity index (χ1v) is 7.13. The van der Waals surface area contributed by atoms with E-state index in [9.17, 15) is 0 Å². The Hall–Kier alpha value is -1.06. The quantitative estimate of drug-likeness (QED) is 0.781. The molecule has 0 bridgehead atoms. The number of ether oxygens (including phenoxy) is 1. The molecule has 1 N–H and O–H groups in total. The number of hydrogen-bond donors (Lipinski definition) is 1. The molecule has 1 aromatic carbocycles. The van der Waals surface area contributed by atoms with Crippen LogP contribution in [0.3, 0.4) is 0 Å². The molecule has 108 valence electrons. The maximum atomic E-state index is 5.27. The van der Waals surface area contributed by atoms with Crippen LogP contribution in [0.25, 0.3) is 0 Å². The van der Waals surface area contributed by atoms with Crippen LogP contribution in [0.2, 0.25) is 0 Å². The van der Waals surface area contributed by atoms with Gasteiger partial charge in [0, 0.05) is 25.2 Å². The van der Waals surface area contributed by atoms with Crippen LogP contribution in [-0.2, 0) is 6.54 Å². The van der Waals surface area contributed by atoms with Crippen molar-refractivity contribution in [2.24, 2.45) is 0 Å². The van der Waals surface area contributed by atoms with Gasteiger partial charge in [-0.2, -0.15) is 0 Å². The molecule has 0 radical (unpaired) electrons. The van der Waals surface area contributed by atoms with Gasteiger partial charge < -0.3 is 10.1 Å². The highest BCUT2D eigenvalue weighted by Crippen LogP contribution is 2.15. The predicted molar refractivity (Wildman–Crippen MR) is 81.7 cm³/mol. The van der Waals surface area contributed by atoms with Gasteiger partial charge in [0.05, 0.1) is 7.11 Å². The van der Waals surface area contributed by atoms with Crippen LogP contribution >= 0.6 is 0 Å². The second kappa shape index (κ2) is 8.18. The summed E-state index contributed by atoms with van der Waals surface area (Å²) < 4.78 is 5.27. The summed E-state index contributed by atoms with van der Waals surface area (Å²) >= 11 is 0. The monoisotopic (exact) mass is 264 g/mol. The molecule has 0 aromatic heterocycles. The van der Waals surface area contributed by atoms with E-state index in [0.29, 0.717) is 12.1 Å². The van der Waals surface area contributed by atoms with Crippen LogP contribution in [0.15, 0.2) is 24.3 Å². The highest BCUT2D eigenvalue weighted by Gasteiger charge is 2.13. The van der Waals surface area contributed by atoms with E-state index < -0.39 is 0 Å². The molecule has 0 aliphatic rings. The zero-order valence-electron chi connectivity index (χ0n) is 12.9. The van der Waals surface area contributed by atoms with Crippen molar-refractivity contribution in [3.63, 3.8) is 0 Å². The van der Waals surface area contributed by atoms with Crippen LogP contribution in [0, 0.1) is 0 Å². The van der Waals surface area contributed by atoms with Crippen LogP contribution in [0.4, 0.5) is 0 Å². The minimum absolute atomic E-state index is 0.541. The Labute approximate surface area is 118 Å². The molecule has 1 unspecified atom stereocenters. The lowest BCUT2D eigenvalue weighted by Gasteiger charge is -2.28. The van der Waals surface area contributed by atoms with Crippen LogP contribution in [0.1, 0.15) is 32.8 Å². The topological polar surface area (TPSA) is 24.5 Å². The van der Waals surface area contributed by atoms with Gasteiger partial charge in [-0.05, 0) is 31.2 Å². The summed E-state index contributed by atoms with van der Waals surface area (Å²) in [4.78, 5) is 2.41. The van der Waals surface area contributed by atoms with Gasteiger partial charge in [-0.25, -0.2) is 0 Å². The lowest BCUT2D eigenvalue weighted by atomic mass is 10.1. The molecule has 0 heterocycles. The average Bonchev–Trinajstić information content (AvgIpc) is 2.39. The lowest BCUT2D eigenvalue weighted by Crippen LogP contribution is -2.41. The van der Waals surface area contributed by atoms with Crippen molar-refractivity contribution in [2.75, 3.05) is 20.7 Å². The zero-order valence-corrected chi connectivity index (χ0v) is 12.9. The fourth-order valence-corrected chi connectivity index (χ4v) is 2.17. The van der Waals surface area contributed by atoms with Gasteiger partial charge in [0.2, 0.25) is 0 Å². The van der Waals surface area contributed by atoms with E-state index in [2.05, 4.69) is 56.2 Å². The minimum atomic E-state index is 0.541. The zero-order chi connectivity index (χ0) is 14.3. The highest BCUT2D eigenvalue weighted by molar-refractivity contribution is 5.28. The third kappa shape index (κ3) is 5.62. The largest absolute Gasteiger partial charge is 0.497 e. The van der Waals surface area contributed by atoms with E-state index in [0.717, 1.165) is 25.3 Å². The number of methoxy groups -OCH3 is 1. The van der Waals surface area contributed by atoms with Crippen molar-refractivity contribution in [1.29, 1.82) is 0 Å². The molecule has 1 atom stereocenters. The molecule has 0 amide bonds. The molecule has 19 heavy (non-hydrogen) atoms. The molecule has 0 saturated carbocycles. The number of nitrogens with zero attached hydrogens (tertiary/aromatic N) is 1. The smallest absolute Gasteiger partial charge is 0.119 e. The van der Waals surface area contributed by atoms with Crippen molar-refractivity contribution in [3.8, 4) is 5.75 Å². The molecular formula is C16H28N2O. The molecule has 0 fully saturated rings. The van der Waals surface area contributed by atoms with Gasteiger partial charge in [-0.15, -0.1) is 0 Å². The predicted octanol–water partition coefficient (Wildman–Crippen LogP) is 2.90. The molecule has 0 aliphatic carbocycles. The fourth-order valence-electron chi connectivity index (χ4n) is 2.17. The van der Waals surface area contributed by atoms with Crippen LogP contribution in [-0.4, -0.2) is 37.7 Å². The van der Waals surface area contributed by atoms with Crippen molar-refractivity contribution in [2.45, 2.75) is 45.8 Å². The number of rotatable bonds is 8. The van der Waals surface area contributed by atoms with E-state index in [1.165, 1.54) is 5.56 Å². The van der Waals surface area contributed by atoms with Crippen LogP contribution in [0.5, 0.6) is 5.75 Å². The summed E-state index contributed by atoms with van der Waals surface area (Å²) in [6, 6.07) is 9.41. The fraction of sp³-hybridized carbons (Fsp3) is 0.625. The molecule has 3 heteroatoms. The first kappa shape index (κ1) is 16.0. The van der Waals surface area contributed by atoms with Gasteiger partial charge in [0.25, 0.3) is 0 Å². The van der Waals surface area contributed by atoms with E-state index in [1.807, 2.05) is 6.07 Å². The first-order valence-electron chi connectivity index (χ1n) is 7.13. The normalized spacial score (nSPS) is 13.0. The summed E-state index contributed by atoms with van der Waals surface area (Å²) in [7, 11) is 3.90. The van der Waals surface area contributed by atoms with Crippen molar-refractivity contribution >= 4 is 0 Å². The molecule has 0 aliphatic heterocycles. The Morgan fingerprint density at radius 2 is 2.05 bits per heavy atom. The van der Waals surface area contributed by atoms with E-state index >= 15 is 0 Å². The Bertz CT molecular complexity index is 366. The Morgan fingerprint density at radius 3 is 2.63 bits per heavy atom. The van der Waals surface area contributed by atoms with Crippen LogP contribution < -0.4 is 10.1 Å². The van der Waals surface area contributed by atoms with Gasteiger partial charge >= 0.3 is 0 Å². The maximum Gasteiger partial charge on any atom is 0.119 e. The SMILES string of the molecule is CCC(CNC(C)C)N(C)Cc1cccc(OC)c1. The van der Waals surface area contributed by atoms with Gasteiger partial charge in [0.1, 0.15) is 5.75 Å².